The number of carbonyl (C=O) groups is 2. The molecule has 3 N–H and O–H groups in total. The number of aliphatic hydroxyl groups excluding tert-OH is 1. The molecule has 2 aliphatic rings. The zero-order chi connectivity index (χ0) is 24.5. The fraction of sp³-hybridized carbons (Fsp3) is 0.464. The van der Waals surface area contributed by atoms with Crippen molar-refractivity contribution in [2.75, 3.05) is 6.54 Å². The molecule has 1 aliphatic carbocycles. The Morgan fingerprint density at radius 3 is 2.71 bits per heavy atom. The van der Waals surface area contributed by atoms with Gasteiger partial charge in [0.1, 0.15) is 0 Å². The van der Waals surface area contributed by atoms with Gasteiger partial charge >= 0.3 is 0 Å². The maximum Gasteiger partial charge on any atom is 0.252 e. The van der Waals surface area contributed by atoms with Gasteiger partial charge in [-0.3, -0.25) is 14.3 Å². The SMILES string of the molecule is CC1CC(C)C(CNC(=O)c2cc(-c3cccc(CO)c3)cc3c2cnn3C2CCCC2)C(=O)N1. The number of benzene rings is 2. The molecule has 1 aromatic heterocycles. The van der Waals surface area contributed by atoms with Gasteiger partial charge in [0.15, 0.2) is 0 Å². The van der Waals surface area contributed by atoms with Gasteiger partial charge in [0.25, 0.3) is 5.91 Å². The first-order valence-corrected chi connectivity index (χ1v) is 12.7. The van der Waals surface area contributed by atoms with Crippen LogP contribution in [0.25, 0.3) is 22.0 Å². The van der Waals surface area contributed by atoms with Crippen LogP contribution < -0.4 is 10.6 Å². The van der Waals surface area contributed by atoms with Crippen LogP contribution in [-0.4, -0.2) is 39.3 Å². The van der Waals surface area contributed by atoms with Gasteiger partial charge in [-0.25, -0.2) is 0 Å². The Morgan fingerprint density at radius 1 is 1.17 bits per heavy atom. The van der Waals surface area contributed by atoms with Gasteiger partial charge in [-0.15, -0.1) is 0 Å². The Labute approximate surface area is 205 Å². The molecule has 2 fully saturated rings. The van der Waals surface area contributed by atoms with Crippen molar-refractivity contribution in [2.45, 2.75) is 64.6 Å². The summed E-state index contributed by atoms with van der Waals surface area (Å²) in [4.78, 5) is 26.0. The van der Waals surface area contributed by atoms with Crippen LogP contribution in [0.15, 0.2) is 42.6 Å². The summed E-state index contributed by atoms with van der Waals surface area (Å²) in [6.45, 7) is 4.36. The van der Waals surface area contributed by atoms with Gasteiger partial charge < -0.3 is 15.7 Å². The van der Waals surface area contributed by atoms with Crippen LogP contribution in [0.3, 0.4) is 0 Å². The molecule has 7 heteroatoms. The van der Waals surface area contributed by atoms with E-state index in [4.69, 9.17) is 5.10 Å². The van der Waals surface area contributed by atoms with E-state index in [1.54, 1.807) is 6.20 Å². The molecular formula is C28H34N4O3. The van der Waals surface area contributed by atoms with Crippen molar-refractivity contribution in [3.63, 3.8) is 0 Å². The van der Waals surface area contributed by atoms with Crippen LogP contribution in [0.4, 0.5) is 0 Å². The number of rotatable bonds is 6. The molecule has 35 heavy (non-hydrogen) atoms. The highest BCUT2D eigenvalue weighted by molar-refractivity contribution is 6.08. The minimum atomic E-state index is -0.240. The standard InChI is InChI=1S/C28H34N4O3/c1-17-10-18(2)31-28(35)24(17)14-29-27(34)23-12-21(20-7-5-6-19(11-20)16-33)13-26-25(23)15-30-32(26)22-8-3-4-9-22/h5-7,11-13,15,17-18,22,24,33H,3-4,8-10,14,16H2,1-2H3,(H,29,34)(H,31,35). The monoisotopic (exact) mass is 474 g/mol. The first-order chi connectivity index (χ1) is 16.9. The summed E-state index contributed by atoms with van der Waals surface area (Å²) in [6, 6.07) is 12.3. The zero-order valence-electron chi connectivity index (χ0n) is 20.5. The predicted molar refractivity (Wildman–Crippen MR) is 136 cm³/mol. The zero-order valence-corrected chi connectivity index (χ0v) is 20.5. The normalized spacial score (nSPS) is 22.9. The highest BCUT2D eigenvalue weighted by atomic mass is 16.3. The fourth-order valence-electron chi connectivity index (χ4n) is 5.77. The molecule has 2 heterocycles. The van der Waals surface area contributed by atoms with Gasteiger partial charge in [-0.1, -0.05) is 38.0 Å². The lowest BCUT2D eigenvalue weighted by molar-refractivity contribution is -0.129. The summed E-state index contributed by atoms with van der Waals surface area (Å²) in [7, 11) is 0. The first kappa shape index (κ1) is 23.5. The minimum absolute atomic E-state index is 0.00493. The minimum Gasteiger partial charge on any atom is -0.392 e. The van der Waals surface area contributed by atoms with Gasteiger partial charge in [-0.05, 0) is 67.0 Å². The average molecular weight is 475 g/mol. The lowest BCUT2D eigenvalue weighted by Crippen LogP contribution is -2.50. The molecular weight excluding hydrogens is 440 g/mol. The summed E-state index contributed by atoms with van der Waals surface area (Å²) in [5, 5.41) is 21.2. The topological polar surface area (TPSA) is 96.2 Å². The van der Waals surface area contributed by atoms with E-state index in [9.17, 15) is 14.7 Å². The third-order valence-corrected chi connectivity index (χ3v) is 7.69. The van der Waals surface area contributed by atoms with Crippen LogP contribution in [0, 0.1) is 11.8 Å². The molecule has 0 bridgehead atoms. The van der Waals surface area contributed by atoms with E-state index in [1.165, 1.54) is 12.8 Å². The number of hydrogen-bond donors (Lipinski definition) is 3. The third-order valence-electron chi connectivity index (χ3n) is 7.69. The average Bonchev–Trinajstić information content (AvgIpc) is 3.52. The Kier molecular flexibility index (Phi) is 6.60. The van der Waals surface area contributed by atoms with Crippen LogP contribution in [-0.2, 0) is 11.4 Å². The molecule has 5 rings (SSSR count). The third kappa shape index (κ3) is 4.69. The van der Waals surface area contributed by atoms with Gasteiger partial charge in [-0.2, -0.15) is 5.10 Å². The predicted octanol–water partition coefficient (Wildman–Crippen LogP) is 4.20. The number of piperidine rings is 1. The molecule has 0 spiro atoms. The van der Waals surface area contributed by atoms with Gasteiger partial charge in [0, 0.05) is 18.0 Å². The molecule has 3 aromatic rings. The van der Waals surface area contributed by atoms with E-state index in [0.717, 1.165) is 46.9 Å². The summed E-state index contributed by atoms with van der Waals surface area (Å²) in [6.07, 6.45) is 7.27. The van der Waals surface area contributed by atoms with Gasteiger partial charge in [0.2, 0.25) is 5.91 Å². The van der Waals surface area contributed by atoms with Crippen LogP contribution >= 0.6 is 0 Å². The number of aliphatic hydroxyl groups is 1. The van der Waals surface area contributed by atoms with Crippen molar-refractivity contribution in [1.82, 2.24) is 20.4 Å². The second-order valence-electron chi connectivity index (χ2n) is 10.3. The molecule has 184 valence electrons. The lowest BCUT2D eigenvalue weighted by atomic mass is 9.84. The second-order valence-corrected chi connectivity index (χ2v) is 10.3. The number of nitrogens with zero attached hydrogens (tertiary/aromatic N) is 2. The Bertz CT molecular complexity index is 1240. The van der Waals surface area contributed by atoms with E-state index in [2.05, 4.69) is 28.3 Å². The van der Waals surface area contributed by atoms with Crippen molar-refractivity contribution in [3.8, 4) is 11.1 Å². The number of hydrogen-bond acceptors (Lipinski definition) is 4. The first-order valence-electron chi connectivity index (χ1n) is 12.7. The Hall–Kier alpha value is -3.19. The molecule has 3 unspecified atom stereocenters. The van der Waals surface area contributed by atoms with Gasteiger partial charge in [0.05, 0.1) is 35.8 Å². The largest absolute Gasteiger partial charge is 0.392 e. The fourth-order valence-corrected chi connectivity index (χ4v) is 5.77. The number of fused-ring (bicyclic) bond motifs is 1. The number of aromatic nitrogens is 2. The number of carbonyl (C=O) groups excluding carboxylic acids is 2. The van der Waals surface area contributed by atoms with E-state index < -0.39 is 0 Å². The van der Waals surface area contributed by atoms with E-state index in [0.29, 0.717) is 18.2 Å². The Balaban J connectivity index is 1.50. The maximum atomic E-state index is 13.5. The van der Waals surface area contributed by atoms with Crippen molar-refractivity contribution < 1.29 is 14.7 Å². The van der Waals surface area contributed by atoms with Crippen molar-refractivity contribution >= 4 is 22.7 Å². The smallest absolute Gasteiger partial charge is 0.252 e. The number of nitrogens with one attached hydrogen (secondary N) is 2. The molecule has 1 saturated carbocycles. The van der Waals surface area contributed by atoms with Crippen LogP contribution in [0.5, 0.6) is 0 Å². The molecule has 2 amide bonds. The van der Waals surface area contributed by atoms with Crippen LogP contribution in [0.2, 0.25) is 0 Å². The van der Waals surface area contributed by atoms with E-state index in [1.807, 2.05) is 37.3 Å². The Morgan fingerprint density at radius 2 is 1.97 bits per heavy atom. The van der Waals surface area contributed by atoms with E-state index in [-0.39, 0.29) is 36.3 Å². The summed E-state index contributed by atoms with van der Waals surface area (Å²) in [5.41, 5.74) is 4.20. The summed E-state index contributed by atoms with van der Waals surface area (Å²) >= 11 is 0. The summed E-state index contributed by atoms with van der Waals surface area (Å²) < 4.78 is 2.08. The summed E-state index contributed by atoms with van der Waals surface area (Å²) in [5.74, 6) is -0.224. The second kappa shape index (κ2) is 9.82. The molecule has 7 nitrogen and oxygen atoms in total. The molecule has 3 atom stereocenters. The quantitative estimate of drug-likeness (QED) is 0.499. The highest BCUT2D eigenvalue weighted by Crippen LogP contribution is 2.35. The molecule has 1 saturated heterocycles. The molecule has 1 aliphatic heterocycles. The lowest BCUT2D eigenvalue weighted by Gasteiger charge is -2.32. The van der Waals surface area contributed by atoms with Crippen molar-refractivity contribution in [2.24, 2.45) is 11.8 Å². The van der Waals surface area contributed by atoms with Crippen molar-refractivity contribution in [1.29, 1.82) is 0 Å². The number of amides is 2. The molecule has 0 radical (unpaired) electrons. The molecule has 2 aromatic carbocycles. The maximum absolute atomic E-state index is 13.5. The van der Waals surface area contributed by atoms with Crippen LogP contribution in [0.1, 0.15) is 67.9 Å². The van der Waals surface area contributed by atoms with Crippen molar-refractivity contribution in [3.05, 3.63) is 53.7 Å². The highest BCUT2D eigenvalue weighted by Gasteiger charge is 2.32. The van der Waals surface area contributed by atoms with E-state index >= 15 is 0 Å².